The highest BCUT2D eigenvalue weighted by Crippen LogP contribution is 2.29. The Hall–Kier alpha value is -3.04. The third kappa shape index (κ3) is 12.5. The molecule has 2 aromatic carbocycles. The topological polar surface area (TPSA) is 100 Å². The lowest BCUT2D eigenvalue weighted by molar-refractivity contribution is -0.139. The Morgan fingerprint density at radius 2 is 1.61 bits per heavy atom. The fourth-order valence-electron chi connectivity index (χ4n) is 3.33. The van der Waals surface area contributed by atoms with Gasteiger partial charge in [-0.1, -0.05) is 44.9 Å². The van der Waals surface area contributed by atoms with Crippen LogP contribution in [-0.2, 0) is 30.7 Å². The zero-order valence-electron chi connectivity index (χ0n) is 22.7. The Labute approximate surface area is 227 Å². The molecule has 0 radical (unpaired) electrons. The van der Waals surface area contributed by atoms with Gasteiger partial charge in [0.05, 0.1) is 25.6 Å². The van der Waals surface area contributed by atoms with Crippen LogP contribution in [0.2, 0.25) is 0 Å². The average Bonchev–Trinajstić information content (AvgIpc) is 2.90. The van der Waals surface area contributed by atoms with Gasteiger partial charge >= 0.3 is 5.97 Å². The van der Waals surface area contributed by atoms with Crippen molar-refractivity contribution in [2.75, 3.05) is 43.5 Å². The number of esters is 1. The average molecular weight is 548 g/mol. The van der Waals surface area contributed by atoms with E-state index in [0.29, 0.717) is 56.5 Å². The van der Waals surface area contributed by atoms with E-state index in [1.54, 1.807) is 18.2 Å². The molecule has 0 bridgehead atoms. The van der Waals surface area contributed by atoms with Gasteiger partial charge in [0.1, 0.15) is 6.61 Å². The molecule has 0 fully saturated rings. The summed E-state index contributed by atoms with van der Waals surface area (Å²) in [6, 6.07) is 12.8. The Bertz CT molecular complexity index is 1100. The SMILES string of the molecule is CCCCOc1cc(/C=C\C(=O)OCCOCC)ccc1OCCc1ccc(NS(=O)(=O)CCCC)cc1. The number of sulfonamides is 1. The lowest BCUT2D eigenvalue weighted by Gasteiger charge is -2.14. The number of hydrogen-bond donors (Lipinski definition) is 1. The van der Waals surface area contributed by atoms with Gasteiger partial charge in [0.25, 0.3) is 0 Å². The van der Waals surface area contributed by atoms with Crippen molar-refractivity contribution in [2.24, 2.45) is 0 Å². The molecule has 0 aliphatic carbocycles. The van der Waals surface area contributed by atoms with Crippen LogP contribution in [-0.4, -0.2) is 53.2 Å². The summed E-state index contributed by atoms with van der Waals surface area (Å²) in [5.74, 6) is 0.924. The second-order valence-corrected chi connectivity index (χ2v) is 10.5. The molecule has 0 unspecified atom stereocenters. The first-order valence-corrected chi connectivity index (χ1v) is 14.9. The summed E-state index contributed by atoms with van der Waals surface area (Å²) in [6.45, 7) is 8.10. The van der Waals surface area contributed by atoms with Crippen molar-refractivity contribution in [2.45, 2.75) is 52.9 Å². The molecule has 2 rings (SSSR count). The highest BCUT2D eigenvalue weighted by Gasteiger charge is 2.10. The molecule has 8 nitrogen and oxygen atoms in total. The van der Waals surface area contributed by atoms with Crippen LogP contribution in [0.25, 0.3) is 6.08 Å². The smallest absolute Gasteiger partial charge is 0.330 e. The Balaban J connectivity index is 1.95. The number of benzene rings is 2. The van der Waals surface area contributed by atoms with Crippen LogP contribution in [0, 0.1) is 0 Å². The van der Waals surface area contributed by atoms with Gasteiger partial charge in [0, 0.05) is 24.8 Å². The van der Waals surface area contributed by atoms with E-state index in [1.807, 2.05) is 44.2 Å². The van der Waals surface area contributed by atoms with Crippen molar-refractivity contribution in [1.29, 1.82) is 0 Å². The van der Waals surface area contributed by atoms with E-state index in [-0.39, 0.29) is 12.4 Å². The number of ether oxygens (including phenoxy) is 4. The molecule has 9 heteroatoms. The van der Waals surface area contributed by atoms with E-state index >= 15 is 0 Å². The molecule has 1 N–H and O–H groups in total. The van der Waals surface area contributed by atoms with Gasteiger partial charge in [-0.2, -0.15) is 0 Å². The number of carbonyl (C=O) groups excluding carboxylic acids is 1. The predicted molar refractivity (Wildman–Crippen MR) is 151 cm³/mol. The van der Waals surface area contributed by atoms with E-state index in [1.165, 1.54) is 6.08 Å². The van der Waals surface area contributed by atoms with Crippen molar-refractivity contribution < 1.29 is 32.2 Å². The summed E-state index contributed by atoms with van der Waals surface area (Å²) in [6.07, 6.45) is 7.09. The Kier molecular flexibility index (Phi) is 14.3. The fraction of sp³-hybridized carbons (Fsp3) is 0.483. The van der Waals surface area contributed by atoms with Crippen molar-refractivity contribution in [3.05, 3.63) is 59.7 Å². The van der Waals surface area contributed by atoms with Gasteiger partial charge in [-0.25, -0.2) is 13.2 Å². The first-order chi connectivity index (χ1) is 18.4. The Morgan fingerprint density at radius 1 is 0.868 bits per heavy atom. The monoisotopic (exact) mass is 547 g/mol. The lowest BCUT2D eigenvalue weighted by atomic mass is 10.1. The highest BCUT2D eigenvalue weighted by atomic mass is 32.2. The molecule has 0 saturated heterocycles. The molecule has 0 aliphatic heterocycles. The molecule has 0 aromatic heterocycles. The van der Waals surface area contributed by atoms with Gasteiger partial charge in [0.15, 0.2) is 11.5 Å². The molecule has 0 saturated carbocycles. The predicted octanol–water partition coefficient (Wildman–Crippen LogP) is 5.62. The van der Waals surface area contributed by atoms with Gasteiger partial charge in [-0.15, -0.1) is 0 Å². The number of hydrogen-bond acceptors (Lipinski definition) is 7. The van der Waals surface area contributed by atoms with Crippen molar-refractivity contribution in [3.63, 3.8) is 0 Å². The molecule has 0 amide bonds. The van der Waals surface area contributed by atoms with E-state index in [2.05, 4.69) is 11.6 Å². The molecule has 0 atom stereocenters. The minimum Gasteiger partial charge on any atom is -0.490 e. The third-order valence-corrected chi connectivity index (χ3v) is 6.83. The summed E-state index contributed by atoms with van der Waals surface area (Å²) in [4.78, 5) is 11.9. The van der Waals surface area contributed by atoms with Crippen molar-refractivity contribution in [3.8, 4) is 11.5 Å². The van der Waals surface area contributed by atoms with E-state index in [0.717, 1.165) is 30.4 Å². The summed E-state index contributed by atoms with van der Waals surface area (Å²) in [7, 11) is -3.32. The molecule has 0 heterocycles. The van der Waals surface area contributed by atoms with Gasteiger partial charge < -0.3 is 18.9 Å². The van der Waals surface area contributed by atoms with Crippen LogP contribution in [0.15, 0.2) is 48.5 Å². The zero-order chi connectivity index (χ0) is 27.6. The normalized spacial score (nSPS) is 11.4. The molecule has 2 aromatic rings. The van der Waals surface area contributed by atoms with E-state index in [4.69, 9.17) is 18.9 Å². The number of anilines is 1. The molecular weight excluding hydrogens is 506 g/mol. The number of unbranched alkanes of at least 4 members (excludes halogenated alkanes) is 2. The first kappa shape index (κ1) is 31.2. The number of carbonyl (C=O) groups is 1. The van der Waals surface area contributed by atoms with Crippen molar-refractivity contribution >= 4 is 27.8 Å². The van der Waals surface area contributed by atoms with Crippen LogP contribution in [0.1, 0.15) is 57.6 Å². The second kappa shape index (κ2) is 17.5. The minimum atomic E-state index is -3.32. The maximum Gasteiger partial charge on any atom is 0.330 e. The summed E-state index contributed by atoms with van der Waals surface area (Å²) < 4.78 is 49.0. The quantitative estimate of drug-likeness (QED) is 0.138. The number of nitrogens with one attached hydrogen (secondary N) is 1. The standard InChI is InChI=1S/C29H41NO7S/c1-4-7-18-35-28-23-25(12-16-29(31)37-21-20-34-6-3)11-15-27(28)36-19-17-24-9-13-26(14-10-24)30-38(32,33)22-8-5-2/h9-16,23,30H,4-8,17-22H2,1-3H3/b16-12-. The lowest BCUT2D eigenvalue weighted by Crippen LogP contribution is -2.16. The molecule has 0 spiro atoms. The van der Waals surface area contributed by atoms with Crippen LogP contribution >= 0.6 is 0 Å². The summed E-state index contributed by atoms with van der Waals surface area (Å²) in [5.41, 5.74) is 2.37. The van der Waals surface area contributed by atoms with Crippen LogP contribution < -0.4 is 14.2 Å². The van der Waals surface area contributed by atoms with Gasteiger partial charge in [-0.3, -0.25) is 4.72 Å². The molecule has 38 heavy (non-hydrogen) atoms. The molecule has 0 aliphatic rings. The number of rotatable bonds is 19. The maximum atomic E-state index is 12.1. The van der Waals surface area contributed by atoms with Gasteiger partial charge in [-0.05, 0) is 61.2 Å². The highest BCUT2D eigenvalue weighted by molar-refractivity contribution is 7.92. The molecular formula is C29H41NO7S. The van der Waals surface area contributed by atoms with Crippen LogP contribution in [0.3, 0.4) is 0 Å². The Morgan fingerprint density at radius 3 is 2.32 bits per heavy atom. The van der Waals surface area contributed by atoms with E-state index in [9.17, 15) is 13.2 Å². The first-order valence-electron chi connectivity index (χ1n) is 13.3. The van der Waals surface area contributed by atoms with Gasteiger partial charge in [0.2, 0.25) is 10.0 Å². The summed E-state index contributed by atoms with van der Waals surface area (Å²) in [5, 5.41) is 0. The molecule has 210 valence electrons. The zero-order valence-corrected chi connectivity index (χ0v) is 23.6. The minimum absolute atomic E-state index is 0.120. The van der Waals surface area contributed by atoms with Crippen LogP contribution in [0.4, 0.5) is 5.69 Å². The van der Waals surface area contributed by atoms with Crippen molar-refractivity contribution in [1.82, 2.24) is 0 Å². The second-order valence-electron chi connectivity index (χ2n) is 8.68. The third-order valence-electron chi connectivity index (χ3n) is 5.45. The maximum absolute atomic E-state index is 12.1. The van der Waals surface area contributed by atoms with E-state index < -0.39 is 16.0 Å². The van der Waals surface area contributed by atoms with Crippen LogP contribution in [0.5, 0.6) is 11.5 Å². The largest absolute Gasteiger partial charge is 0.490 e. The summed E-state index contributed by atoms with van der Waals surface area (Å²) >= 11 is 0. The fourth-order valence-corrected chi connectivity index (χ4v) is 4.59.